The molecule has 0 atom stereocenters. The Morgan fingerprint density at radius 1 is 1.19 bits per heavy atom. The summed E-state index contributed by atoms with van der Waals surface area (Å²) >= 11 is 0. The highest BCUT2D eigenvalue weighted by Gasteiger charge is 2.18. The molecule has 0 bridgehead atoms. The Hall–Kier alpha value is -1.43. The van der Waals surface area contributed by atoms with E-state index in [-0.39, 0.29) is 17.8 Å². The van der Waals surface area contributed by atoms with Gasteiger partial charge in [-0.3, -0.25) is 4.90 Å². The standard InChI is InChI=1S/C15H23N5.ClH/c1-15(2,9-16)10-20(3)8-13-18-12-7-5-4-6-11(12)14(17)19-13;/h4-7H,8-10,16H2,1-3H3,(H2,17,18,19);1H. The van der Waals surface area contributed by atoms with E-state index in [4.69, 9.17) is 11.5 Å². The third-order valence-corrected chi connectivity index (χ3v) is 3.34. The van der Waals surface area contributed by atoms with Crippen molar-refractivity contribution < 1.29 is 0 Å². The summed E-state index contributed by atoms with van der Waals surface area (Å²) in [6.45, 7) is 6.51. The normalized spacial score (nSPS) is 11.7. The summed E-state index contributed by atoms with van der Waals surface area (Å²) in [5, 5.41) is 0.904. The Labute approximate surface area is 132 Å². The van der Waals surface area contributed by atoms with Crippen LogP contribution in [0.3, 0.4) is 0 Å². The average Bonchev–Trinajstić information content (AvgIpc) is 2.38. The topological polar surface area (TPSA) is 81.1 Å². The number of nitrogens with zero attached hydrogens (tertiary/aromatic N) is 3. The van der Waals surface area contributed by atoms with Crippen LogP contribution < -0.4 is 11.5 Å². The highest BCUT2D eigenvalue weighted by molar-refractivity contribution is 5.87. The van der Waals surface area contributed by atoms with Gasteiger partial charge in [0.15, 0.2) is 0 Å². The first kappa shape index (κ1) is 17.6. The van der Waals surface area contributed by atoms with Crippen molar-refractivity contribution in [3.05, 3.63) is 30.1 Å². The maximum Gasteiger partial charge on any atom is 0.145 e. The van der Waals surface area contributed by atoms with Gasteiger partial charge in [-0.15, -0.1) is 12.4 Å². The van der Waals surface area contributed by atoms with Gasteiger partial charge < -0.3 is 11.5 Å². The number of benzene rings is 1. The van der Waals surface area contributed by atoms with Crippen molar-refractivity contribution in [1.82, 2.24) is 14.9 Å². The minimum absolute atomic E-state index is 0. The smallest absolute Gasteiger partial charge is 0.145 e. The molecule has 6 heteroatoms. The maximum absolute atomic E-state index is 6.00. The Bertz CT molecular complexity index is 600. The molecule has 2 rings (SSSR count). The molecule has 0 saturated carbocycles. The number of rotatable bonds is 5. The lowest BCUT2D eigenvalue weighted by Gasteiger charge is -2.28. The molecule has 0 saturated heterocycles. The van der Waals surface area contributed by atoms with E-state index < -0.39 is 0 Å². The van der Waals surface area contributed by atoms with E-state index in [1.54, 1.807) is 0 Å². The second kappa shape index (κ2) is 7.02. The predicted molar refractivity (Wildman–Crippen MR) is 90.4 cm³/mol. The molecule has 4 N–H and O–H groups in total. The lowest BCUT2D eigenvalue weighted by Crippen LogP contribution is -2.36. The van der Waals surface area contributed by atoms with E-state index in [0.29, 0.717) is 18.9 Å². The number of para-hydroxylation sites is 1. The van der Waals surface area contributed by atoms with Crippen molar-refractivity contribution in [1.29, 1.82) is 0 Å². The summed E-state index contributed by atoms with van der Waals surface area (Å²) in [5.41, 5.74) is 12.7. The zero-order valence-corrected chi connectivity index (χ0v) is 13.7. The summed E-state index contributed by atoms with van der Waals surface area (Å²) in [5.74, 6) is 1.29. The predicted octanol–water partition coefficient (Wildman–Crippen LogP) is 2.05. The van der Waals surface area contributed by atoms with Gasteiger partial charge in [0.2, 0.25) is 0 Å². The van der Waals surface area contributed by atoms with E-state index >= 15 is 0 Å². The SMILES string of the molecule is CN(Cc1nc(N)c2ccccc2n1)CC(C)(C)CN.Cl. The largest absolute Gasteiger partial charge is 0.383 e. The van der Waals surface area contributed by atoms with Crippen LogP contribution in [0, 0.1) is 5.41 Å². The monoisotopic (exact) mass is 309 g/mol. The first-order valence-corrected chi connectivity index (χ1v) is 6.81. The molecular weight excluding hydrogens is 286 g/mol. The molecule has 0 fully saturated rings. The van der Waals surface area contributed by atoms with Crippen LogP contribution in [0.2, 0.25) is 0 Å². The number of fused-ring (bicyclic) bond motifs is 1. The van der Waals surface area contributed by atoms with Crippen molar-refractivity contribution in [3.63, 3.8) is 0 Å². The fourth-order valence-corrected chi connectivity index (χ4v) is 2.31. The van der Waals surface area contributed by atoms with Gasteiger partial charge in [0.05, 0.1) is 12.1 Å². The highest BCUT2D eigenvalue weighted by atomic mass is 35.5. The third kappa shape index (κ3) is 4.52. The number of hydrogen-bond acceptors (Lipinski definition) is 5. The van der Waals surface area contributed by atoms with Crippen molar-refractivity contribution >= 4 is 29.1 Å². The number of aromatic nitrogens is 2. The average molecular weight is 310 g/mol. The molecular formula is C15H24ClN5. The minimum atomic E-state index is 0. The van der Waals surface area contributed by atoms with Gasteiger partial charge in [-0.1, -0.05) is 26.0 Å². The van der Waals surface area contributed by atoms with Gasteiger partial charge in [0, 0.05) is 11.9 Å². The molecule has 116 valence electrons. The third-order valence-electron chi connectivity index (χ3n) is 3.34. The molecule has 1 aromatic carbocycles. The number of anilines is 1. The second-order valence-electron chi connectivity index (χ2n) is 6.08. The van der Waals surface area contributed by atoms with Gasteiger partial charge in [0.1, 0.15) is 11.6 Å². The van der Waals surface area contributed by atoms with Gasteiger partial charge in [-0.05, 0) is 31.1 Å². The fourth-order valence-electron chi connectivity index (χ4n) is 2.31. The summed E-state index contributed by atoms with van der Waals surface area (Å²) in [6.07, 6.45) is 0. The number of nitrogens with two attached hydrogens (primary N) is 2. The molecule has 0 unspecified atom stereocenters. The molecule has 1 aromatic heterocycles. The Balaban J connectivity index is 0.00000220. The summed E-state index contributed by atoms with van der Waals surface area (Å²) in [7, 11) is 2.05. The molecule has 21 heavy (non-hydrogen) atoms. The zero-order valence-electron chi connectivity index (χ0n) is 12.8. The van der Waals surface area contributed by atoms with Crippen molar-refractivity contribution in [2.75, 3.05) is 25.9 Å². The first-order chi connectivity index (χ1) is 9.41. The Kier molecular flexibility index (Phi) is 5.89. The molecule has 1 heterocycles. The van der Waals surface area contributed by atoms with Crippen molar-refractivity contribution in [2.45, 2.75) is 20.4 Å². The van der Waals surface area contributed by atoms with Gasteiger partial charge >= 0.3 is 0 Å². The lowest BCUT2D eigenvalue weighted by molar-refractivity contribution is 0.206. The molecule has 0 aliphatic heterocycles. The van der Waals surface area contributed by atoms with E-state index in [1.807, 2.05) is 31.3 Å². The first-order valence-electron chi connectivity index (χ1n) is 6.81. The summed E-state index contributed by atoms with van der Waals surface area (Å²) in [4.78, 5) is 11.1. The van der Waals surface area contributed by atoms with Crippen LogP contribution in [0.4, 0.5) is 5.82 Å². The van der Waals surface area contributed by atoms with Gasteiger partial charge in [-0.25, -0.2) is 9.97 Å². The van der Waals surface area contributed by atoms with E-state index in [1.165, 1.54) is 0 Å². The molecule has 5 nitrogen and oxygen atoms in total. The van der Waals surface area contributed by atoms with Crippen molar-refractivity contribution in [3.8, 4) is 0 Å². The van der Waals surface area contributed by atoms with Crippen molar-refractivity contribution in [2.24, 2.45) is 11.1 Å². The van der Waals surface area contributed by atoms with Crippen LogP contribution in [-0.2, 0) is 6.54 Å². The van der Waals surface area contributed by atoms with E-state index in [2.05, 4.69) is 28.7 Å². The summed E-state index contributed by atoms with van der Waals surface area (Å²) < 4.78 is 0. The molecule has 0 aliphatic carbocycles. The molecule has 0 spiro atoms. The van der Waals surface area contributed by atoms with Crippen LogP contribution >= 0.6 is 12.4 Å². The summed E-state index contributed by atoms with van der Waals surface area (Å²) in [6, 6.07) is 7.80. The Morgan fingerprint density at radius 2 is 1.86 bits per heavy atom. The number of halogens is 1. The van der Waals surface area contributed by atoms with Crippen LogP contribution in [0.15, 0.2) is 24.3 Å². The molecule has 2 aromatic rings. The van der Waals surface area contributed by atoms with E-state index in [9.17, 15) is 0 Å². The second-order valence-corrected chi connectivity index (χ2v) is 6.08. The van der Waals surface area contributed by atoms with Crippen LogP contribution in [0.5, 0.6) is 0 Å². The van der Waals surface area contributed by atoms with Gasteiger partial charge in [0.25, 0.3) is 0 Å². The number of hydrogen-bond donors (Lipinski definition) is 2. The highest BCUT2D eigenvalue weighted by Crippen LogP contribution is 2.19. The molecule has 0 amide bonds. The molecule has 0 radical (unpaired) electrons. The van der Waals surface area contributed by atoms with Gasteiger partial charge in [-0.2, -0.15) is 0 Å². The number of nitrogen functional groups attached to an aromatic ring is 1. The lowest BCUT2D eigenvalue weighted by atomic mass is 9.93. The van der Waals surface area contributed by atoms with Crippen LogP contribution in [0.1, 0.15) is 19.7 Å². The quantitative estimate of drug-likeness (QED) is 0.883. The Morgan fingerprint density at radius 3 is 2.52 bits per heavy atom. The van der Waals surface area contributed by atoms with Crippen LogP contribution in [-0.4, -0.2) is 35.0 Å². The molecule has 0 aliphatic rings. The maximum atomic E-state index is 6.00. The van der Waals surface area contributed by atoms with E-state index in [0.717, 1.165) is 23.3 Å². The zero-order chi connectivity index (χ0) is 14.8. The fraction of sp³-hybridized carbons (Fsp3) is 0.467. The minimum Gasteiger partial charge on any atom is -0.383 e. The van der Waals surface area contributed by atoms with Crippen LogP contribution in [0.25, 0.3) is 10.9 Å².